The average Bonchev–Trinajstić information content (AvgIpc) is 2.74. The van der Waals surface area contributed by atoms with Crippen LogP contribution in [0, 0.1) is 13.8 Å². The van der Waals surface area contributed by atoms with Crippen molar-refractivity contribution in [1.29, 1.82) is 0 Å². The minimum absolute atomic E-state index is 0.274. The minimum atomic E-state index is -0.933. The number of nitrogens with one attached hydrogen (secondary N) is 1. The van der Waals surface area contributed by atoms with Crippen LogP contribution >= 0.6 is 15.9 Å². The lowest BCUT2D eigenvalue weighted by atomic mass is 10.2. The van der Waals surface area contributed by atoms with Crippen molar-refractivity contribution in [3.05, 3.63) is 45.7 Å². The molecule has 0 bridgehead atoms. The molecular formula is C15H18BrN3O2. The highest BCUT2D eigenvalue weighted by Crippen LogP contribution is 2.21. The second-order valence-electron chi connectivity index (χ2n) is 4.93. The topological polar surface area (TPSA) is 67.2 Å². The average molecular weight is 352 g/mol. The molecule has 0 aliphatic rings. The van der Waals surface area contributed by atoms with Gasteiger partial charge in [0.1, 0.15) is 0 Å². The number of carboxylic acids is 1. The first kappa shape index (κ1) is 15.6. The van der Waals surface area contributed by atoms with Crippen LogP contribution in [0.5, 0.6) is 0 Å². The molecule has 6 heteroatoms. The maximum absolute atomic E-state index is 11.2. The van der Waals surface area contributed by atoms with Gasteiger partial charge in [-0.2, -0.15) is 5.10 Å². The fraction of sp³-hybridized carbons (Fsp3) is 0.333. The molecule has 0 aliphatic carbocycles. The first-order valence-corrected chi connectivity index (χ1v) is 7.54. The number of carboxylic acid groups (broad SMARTS) is 1. The van der Waals surface area contributed by atoms with Gasteiger partial charge in [-0.25, -0.2) is 4.79 Å². The molecule has 112 valence electrons. The molecule has 1 heterocycles. The van der Waals surface area contributed by atoms with Crippen LogP contribution in [0.15, 0.2) is 28.7 Å². The first-order chi connectivity index (χ1) is 9.97. The number of hydrogen-bond donors (Lipinski definition) is 2. The summed E-state index contributed by atoms with van der Waals surface area (Å²) >= 11 is 3.28. The number of nitrogens with zero attached hydrogens (tertiary/aromatic N) is 2. The third-order valence-electron chi connectivity index (χ3n) is 3.18. The predicted molar refractivity (Wildman–Crippen MR) is 85.9 cm³/mol. The molecule has 0 saturated heterocycles. The molecular weight excluding hydrogens is 334 g/mol. The van der Waals surface area contributed by atoms with Crippen LogP contribution in [0.2, 0.25) is 0 Å². The standard InChI is InChI=1S/C15H18BrN3O2/c1-10-8-11(2)19(18-10)7-3-6-17-14-5-4-12(16)9-13(14)15(20)21/h4-5,8-9,17H,3,6-7H2,1-2H3,(H,20,21). The molecule has 2 N–H and O–H groups in total. The van der Waals surface area contributed by atoms with Gasteiger partial charge in [0.05, 0.1) is 11.3 Å². The summed E-state index contributed by atoms with van der Waals surface area (Å²) in [5, 5.41) is 16.8. The molecule has 0 aliphatic heterocycles. The third kappa shape index (κ3) is 4.07. The van der Waals surface area contributed by atoms with Crippen LogP contribution in [0.3, 0.4) is 0 Å². The van der Waals surface area contributed by atoms with E-state index in [1.165, 1.54) is 0 Å². The largest absolute Gasteiger partial charge is 0.478 e. The first-order valence-electron chi connectivity index (χ1n) is 6.75. The zero-order valence-corrected chi connectivity index (χ0v) is 13.6. The Morgan fingerprint density at radius 3 is 2.76 bits per heavy atom. The molecule has 0 fully saturated rings. The number of aromatic carboxylic acids is 1. The van der Waals surface area contributed by atoms with Crippen LogP contribution in [-0.4, -0.2) is 27.4 Å². The van der Waals surface area contributed by atoms with Crippen molar-refractivity contribution in [1.82, 2.24) is 9.78 Å². The summed E-state index contributed by atoms with van der Waals surface area (Å²) in [5.74, 6) is -0.933. The fourth-order valence-corrected chi connectivity index (χ4v) is 2.56. The van der Waals surface area contributed by atoms with E-state index < -0.39 is 5.97 Å². The van der Waals surface area contributed by atoms with Crippen molar-refractivity contribution < 1.29 is 9.90 Å². The molecule has 1 aromatic carbocycles. The number of benzene rings is 1. The molecule has 0 unspecified atom stereocenters. The second kappa shape index (κ2) is 6.76. The molecule has 0 spiro atoms. The SMILES string of the molecule is Cc1cc(C)n(CCCNc2ccc(Br)cc2C(=O)O)n1. The molecule has 2 rings (SSSR count). The number of hydrogen-bond acceptors (Lipinski definition) is 3. The highest BCUT2D eigenvalue weighted by molar-refractivity contribution is 9.10. The normalized spacial score (nSPS) is 10.6. The van der Waals surface area contributed by atoms with Crippen molar-refractivity contribution in [2.75, 3.05) is 11.9 Å². The van der Waals surface area contributed by atoms with Crippen LogP contribution in [0.4, 0.5) is 5.69 Å². The maximum Gasteiger partial charge on any atom is 0.337 e. The minimum Gasteiger partial charge on any atom is -0.478 e. The van der Waals surface area contributed by atoms with Crippen molar-refractivity contribution >= 4 is 27.6 Å². The Kier molecular flexibility index (Phi) is 5.01. The van der Waals surface area contributed by atoms with E-state index in [9.17, 15) is 9.90 Å². The van der Waals surface area contributed by atoms with Gasteiger partial charge in [0.2, 0.25) is 0 Å². The zero-order valence-electron chi connectivity index (χ0n) is 12.1. The van der Waals surface area contributed by atoms with Gasteiger partial charge < -0.3 is 10.4 Å². The van der Waals surface area contributed by atoms with E-state index >= 15 is 0 Å². The molecule has 1 aromatic heterocycles. The number of halogens is 1. The van der Waals surface area contributed by atoms with E-state index in [1.54, 1.807) is 12.1 Å². The van der Waals surface area contributed by atoms with Gasteiger partial charge in [0.25, 0.3) is 0 Å². The van der Waals surface area contributed by atoms with Gasteiger partial charge in [0.15, 0.2) is 0 Å². The van der Waals surface area contributed by atoms with Gasteiger partial charge >= 0.3 is 5.97 Å². The lowest BCUT2D eigenvalue weighted by molar-refractivity contribution is 0.0698. The fourth-order valence-electron chi connectivity index (χ4n) is 2.20. The van der Waals surface area contributed by atoms with Crippen molar-refractivity contribution in [2.24, 2.45) is 0 Å². The number of rotatable bonds is 6. The summed E-state index contributed by atoms with van der Waals surface area (Å²) in [5.41, 5.74) is 3.07. The van der Waals surface area contributed by atoms with Gasteiger partial charge in [-0.3, -0.25) is 4.68 Å². The highest BCUT2D eigenvalue weighted by atomic mass is 79.9. The monoisotopic (exact) mass is 351 g/mol. The molecule has 21 heavy (non-hydrogen) atoms. The Labute approximate surface area is 132 Å². The zero-order chi connectivity index (χ0) is 15.4. The number of aromatic nitrogens is 2. The third-order valence-corrected chi connectivity index (χ3v) is 3.67. The van der Waals surface area contributed by atoms with Gasteiger partial charge in [-0.15, -0.1) is 0 Å². The molecule has 0 atom stereocenters. The van der Waals surface area contributed by atoms with Crippen LogP contribution in [0.25, 0.3) is 0 Å². The molecule has 5 nitrogen and oxygen atoms in total. The summed E-state index contributed by atoms with van der Waals surface area (Å²) in [6, 6.07) is 7.25. The summed E-state index contributed by atoms with van der Waals surface area (Å²) < 4.78 is 2.73. The quantitative estimate of drug-likeness (QED) is 0.782. The summed E-state index contributed by atoms with van der Waals surface area (Å²) in [7, 11) is 0. The number of carbonyl (C=O) groups is 1. The Bertz CT molecular complexity index is 652. The number of anilines is 1. The molecule has 0 radical (unpaired) electrons. The van der Waals surface area contributed by atoms with E-state index in [0.717, 1.165) is 28.8 Å². The van der Waals surface area contributed by atoms with E-state index in [4.69, 9.17) is 0 Å². The van der Waals surface area contributed by atoms with Gasteiger partial charge in [-0.05, 0) is 44.5 Å². The van der Waals surface area contributed by atoms with Gasteiger partial charge in [-0.1, -0.05) is 15.9 Å². The van der Waals surface area contributed by atoms with E-state index in [0.29, 0.717) is 12.2 Å². The lowest BCUT2D eigenvalue weighted by Gasteiger charge is -2.10. The summed E-state index contributed by atoms with van der Waals surface area (Å²) in [6.07, 6.45) is 0.872. The van der Waals surface area contributed by atoms with Gasteiger partial charge in [0, 0.05) is 28.9 Å². The summed E-state index contributed by atoms with van der Waals surface area (Å²) in [6.45, 7) is 5.51. The van der Waals surface area contributed by atoms with E-state index in [2.05, 4.69) is 26.3 Å². The van der Waals surface area contributed by atoms with Crippen molar-refractivity contribution in [3.63, 3.8) is 0 Å². The highest BCUT2D eigenvalue weighted by Gasteiger charge is 2.10. The van der Waals surface area contributed by atoms with Crippen molar-refractivity contribution in [2.45, 2.75) is 26.8 Å². The Morgan fingerprint density at radius 1 is 1.38 bits per heavy atom. The van der Waals surface area contributed by atoms with Crippen LogP contribution in [-0.2, 0) is 6.54 Å². The summed E-state index contributed by atoms with van der Waals surface area (Å²) in [4.78, 5) is 11.2. The lowest BCUT2D eigenvalue weighted by Crippen LogP contribution is -2.11. The molecule has 0 amide bonds. The van der Waals surface area contributed by atoms with E-state index in [-0.39, 0.29) is 5.56 Å². The Balaban J connectivity index is 1.92. The molecule has 0 saturated carbocycles. The Morgan fingerprint density at radius 2 is 2.14 bits per heavy atom. The van der Waals surface area contributed by atoms with E-state index in [1.807, 2.05) is 30.7 Å². The molecule has 2 aromatic rings. The predicted octanol–water partition coefficient (Wildman–Crippen LogP) is 3.46. The van der Waals surface area contributed by atoms with Crippen LogP contribution < -0.4 is 5.32 Å². The smallest absolute Gasteiger partial charge is 0.337 e. The van der Waals surface area contributed by atoms with Crippen LogP contribution in [0.1, 0.15) is 28.2 Å². The Hall–Kier alpha value is -1.82. The second-order valence-corrected chi connectivity index (χ2v) is 5.84. The number of aryl methyl sites for hydroxylation is 3. The van der Waals surface area contributed by atoms with Crippen molar-refractivity contribution in [3.8, 4) is 0 Å². The maximum atomic E-state index is 11.2.